The van der Waals surface area contributed by atoms with E-state index < -0.39 is 0 Å². The van der Waals surface area contributed by atoms with Gasteiger partial charge in [-0.1, -0.05) is 11.6 Å². The van der Waals surface area contributed by atoms with Crippen molar-refractivity contribution in [2.24, 2.45) is 0 Å². The first kappa shape index (κ1) is 11.5. The van der Waals surface area contributed by atoms with E-state index in [-0.39, 0.29) is 5.97 Å². The normalized spacial score (nSPS) is 10.2. The average Bonchev–Trinajstić information content (AvgIpc) is 2.33. The SMILES string of the molecule is CCOC(=O)c1sc(Br)c(Br)c1Cl. The van der Waals surface area contributed by atoms with Crippen LogP contribution in [0.2, 0.25) is 5.02 Å². The van der Waals surface area contributed by atoms with E-state index in [4.69, 9.17) is 16.3 Å². The van der Waals surface area contributed by atoms with Crippen molar-refractivity contribution in [3.05, 3.63) is 18.2 Å². The Labute approximate surface area is 101 Å². The molecule has 0 spiro atoms. The van der Waals surface area contributed by atoms with E-state index in [1.807, 2.05) is 0 Å². The Morgan fingerprint density at radius 2 is 2.23 bits per heavy atom. The molecular weight excluding hydrogens is 343 g/mol. The van der Waals surface area contributed by atoms with Crippen LogP contribution in [0.1, 0.15) is 16.6 Å². The predicted octanol–water partition coefficient (Wildman–Crippen LogP) is 4.10. The van der Waals surface area contributed by atoms with Gasteiger partial charge in [0.1, 0.15) is 4.88 Å². The quantitative estimate of drug-likeness (QED) is 0.752. The Morgan fingerprint density at radius 1 is 1.62 bits per heavy atom. The number of carbonyl (C=O) groups is 1. The molecule has 0 atom stereocenters. The highest BCUT2D eigenvalue weighted by molar-refractivity contribution is 9.13. The standard InChI is InChI=1S/C7H5Br2ClO2S/c1-2-12-7(11)5-4(10)3(8)6(9)13-5/h2H2,1H3. The Balaban J connectivity index is 3.01. The zero-order chi connectivity index (χ0) is 10.0. The van der Waals surface area contributed by atoms with Crippen molar-refractivity contribution in [2.45, 2.75) is 6.92 Å². The summed E-state index contributed by atoms with van der Waals surface area (Å²) in [5.41, 5.74) is 0. The number of ether oxygens (including phenoxy) is 1. The molecule has 0 bridgehead atoms. The van der Waals surface area contributed by atoms with Crippen LogP contribution in [0.4, 0.5) is 0 Å². The lowest BCUT2D eigenvalue weighted by atomic mass is 10.5. The van der Waals surface area contributed by atoms with Crippen LogP contribution in [0.5, 0.6) is 0 Å². The van der Waals surface area contributed by atoms with Gasteiger partial charge in [0.25, 0.3) is 0 Å². The third-order valence-electron chi connectivity index (χ3n) is 1.22. The lowest BCUT2D eigenvalue weighted by Crippen LogP contribution is -2.02. The highest BCUT2D eigenvalue weighted by Gasteiger charge is 2.19. The second kappa shape index (κ2) is 4.77. The number of halogens is 3. The highest BCUT2D eigenvalue weighted by atomic mass is 79.9. The summed E-state index contributed by atoms with van der Waals surface area (Å²) in [6.45, 7) is 2.10. The van der Waals surface area contributed by atoms with Gasteiger partial charge < -0.3 is 4.74 Å². The van der Waals surface area contributed by atoms with Crippen molar-refractivity contribution >= 4 is 60.8 Å². The average molecular weight is 348 g/mol. The van der Waals surface area contributed by atoms with Crippen LogP contribution in [0.15, 0.2) is 8.26 Å². The molecule has 0 radical (unpaired) electrons. The highest BCUT2D eigenvalue weighted by Crippen LogP contribution is 2.40. The summed E-state index contributed by atoms with van der Waals surface area (Å²) in [5.74, 6) is -0.385. The van der Waals surface area contributed by atoms with Gasteiger partial charge in [0.15, 0.2) is 0 Å². The van der Waals surface area contributed by atoms with E-state index >= 15 is 0 Å². The van der Waals surface area contributed by atoms with E-state index in [9.17, 15) is 4.79 Å². The number of carbonyl (C=O) groups excluding carboxylic acids is 1. The fraction of sp³-hybridized carbons (Fsp3) is 0.286. The van der Waals surface area contributed by atoms with Gasteiger partial charge in [-0.25, -0.2) is 4.79 Å². The summed E-state index contributed by atoms with van der Waals surface area (Å²) in [5, 5.41) is 0.398. The number of rotatable bonds is 2. The number of thiophene rings is 1. The van der Waals surface area contributed by atoms with Crippen LogP contribution in [-0.4, -0.2) is 12.6 Å². The van der Waals surface area contributed by atoms with E-state index in [1.165, 1.54) is 11.3 Å². The molecule has 1 aromatic rings. The van der Waals surface area contributed by atoms with Crippen molar-refractivity contribution in [2.75, 3.05) is 6.61 Å². The Bertz CT molecular complexity index is 337. The molecule has 0 saturated carbocycles. The molecule has 0 aliphatic rings. The van der Waals surface area contributed by atoms with Crippen LogP contribution in [0.25, 0.3) is 0 Å². The van der Waals surface area contributed by atoms with Gasteiger partial charge in [-0.2, -0.15) is 0 Å². The first-order chi connectivity index (χ1) is 6.07. The molecule has 0 amide bonds. The van der Waals surface area contributed by atoms with Gasteiger partial charge in [0.2, 0.25) is 0 Å². The molecule has 1 heterocycles. The zero-order valence-electron chi connectivity index (χ0n) is 6.57. The van der Waals surface area contributed by atoms with E-state index in [1.54, 1.807) is 6.92 Å². The summed E-state index contributed by atoms with van der Waals surface area (Å²) in [7, 11) is 0. The molecule has 13 heavy (non-hydrogen) atoms. The third kappa shape index (κ3) is 2.46. The maximum absolute atomic E-state index is 11.3. The van der Waals surface area contributed by atoms with Crippen molar-refractivity contribution in [3.63, 3.8) is 0 Å². The molecule has 0 aromatic carbocycles. The summed E-state index contributed by atoms with van der Waals surface area (Å²) >= 11 is 13.6. The van der Waals surface area contributed by atoms with Crippen molar-refractivity contribution in [3.8, 4) is 0 Å². The van der Waals surface area contributed by atoms with Gasteiger partial charge in [-0.3, -0.25) is 0 Å². The van der Waals surface area contributed by atoms with E-state index in [0.29, 0.717) is 21.0 Å². The third-order valence-corrected chi connectivity index (χ3v) is 5.36. The second-order valence-electron chi connectivity index (χ2n) is 2.05. The molecule has 72 valence electrons. The number of esters is 1. The Kier molecular flexibility index (Phi) is 4.22. The van der Waals surface area contributed by atoms with Crippen molar-refractivity contribution in [1.29, 1.82) is 0 Å². The number of hydrogen-bond donors (Lipinski definition) is 0. The van der Waals surface area contributed by atoms with Crippen molar-refractivity contribution < 1.29 is 9.53 Å². The summed E-state index contributed by atoms with van der Waals surface area (Å²) < 4.78 is 6.31. The van der Waals surface area contributed by atoms with E-state index in [2.05, 4.69) is 31.9 Å². The van der Waals surface area contributed by atoms with Crippen LogP contribution >= 0.6 is 54.8 Å². The maximum atomic E-state index is 11.3. The molecular formula is C7H5Br2ClO2S. The Hall–Kier alpha value is 0.420. The van der Waals surface area contributed by atoms with Crippen LogP contribution in [0.3, 0.4) is 0 Å². The monoisotopic (exact) mass is 346 g/mol. The second-order valence-corrected chi connectivity index (χ2v) is 5.56. The van der Waals surface area contributed by atoms with Gasteiger partial charge in [0.05, 0.1) is 19.9 Å². The molecule has 0 saturated heterocycles. The first-order valence-electron chi connectivity index (χ1n) is 3.38. The molecule has 0 aliphatic carbocycles. The molecule has 1 rings (SSSR count). The van der Waals surface area contributed by atoms with Crippen LogP contribution < -0.4 is 0 Å². The maximum Gasteiger partial charge on any atom is 0.349 e. The van der Waals surface area contributed by atoms with E-state index in [0.717, 1.165) is 3.79 Å². The van der Waals surface area contributed by atoms with Crippen LogP contribution in [-0.2, 0) is 4.74 Å². The van der Waals surface area contributed by atoms with Gasteiger partial charge in [-0.15, -0.1) is 11.3 Å². The van der Waals surface area contributed by atoms with Gasteiger partial charge >= 0.3 is 5.97 Å². The van der Waals surface area contributed by atoms with Gasteiger partial charge in [0, 0.05) is 0 Å². The predicted molar refractivity (Wildman–Crippen MR) is 60.7 cm³/mol. The number of hydrogen-bond acceptors (Lipinski definition) is 3. The molecule has 0 fully saturated rings. The lowest BCUT2D eigenvalue weighted by molar-refractivity contribution is 0.0532. The topological polar surface area (TPSA) is 26.3 Å². The fourth-order valence-corrected chi connectivity index (χ4v) is 3.11. The fourth-order valence-electron chi connectivity index (χ4n) is 0.693. The molecule has 0 N–H and O–H groups in total. The minimum Gasteiger partial charge on any atom is -0.462 e. The summed E-state index contributed by atoms with van der Waals surface area (Å²) in [6, 6.07) is 0. The molecule has 1 aromatic heterocycles. The summed E-state index contributed by atoms with van der Waals surface area (Å²) in [4.78, 5) is 11.7. The first-order valence-corrected chi connectivity index (χ1v) is 6.16. The molecule has 0 aliphatic heterocycles. The lowest BCUT2D eigenvalue weighted by Gasteiger charge is -1.97. The molecule has 6 heteroatoms. The zero-order valence-corrected chi connectivity index (χ0v) is 11.3. The molecule has 0 unspecified atom stereocenters. The summed E-state index contributed by atoms with van der Waals surface area (Å²) in [6.07, 6.45) is 0. The Morgan fingerprint density at radius 3 is 2.62 bits per heavy atom. The molecule has 2 nitrogen and oxygen atoms in total. The largest absolute Gasteiger partial charge is 0.462 e. The van der Waals surface area contributed by atoms with Crippen LogP contribution in [0, 0.1) is 0 Å². The minimum atomic E-state index is -0.385. The van der Waals surface area contributed by atoms with Crippen molar-refractivity contribution in [1.82, 2.24) is 0 Å². The minimum absolute atomic E-state index is 0.350. The smallest absolute Gasteiger partial charge is 0.349 e. The van der Waals surface area contributed by atoms with Gasteiger partial charge in [-0.05, 0) is 38.8 Å².